The molecule has 1 aromatic rings. The number of hydrogen-bond donors (Lipinski definition) is 1. The topological polar surface area (TPSA) is 20.3 Å². The lowest BCUT2D eigenvalue weighted by molar-refractivity contribution is -0.134. The number of carbonyl (C=O) groups excluding carboxylic acids is 1. The Bertz CT molecular complexity index is 417. The Hall–Kier alpha value is -1.22. The molecule has 98 valence electrons. The van der Waals surface area contributed by atoms with Gasteiger partial charge in [-0.3, -0.25) is 4.79 Å². The van der Waals surface area contributed by atoms with E-state index in [2.05, 4.69) is 19.2 Å². The van der Waals surface area contributed by atoms with Gasteiger partial charge in [0.2, 0.25) is 5.91 Å². The van der Waals surface area contributed by atoms with Crippen LogP contribution < -0.4 is 0 Å². The molecule has 0 radical (unpaired) electrons. The van der Waals surface area contributed by atoms with Crippen molar-refractivity contribution in [3.63, 3.8) is 0 Å². The summed E-state index contributed by atoms with van der Waals surface area (Å²) < 4.78 is 0. The van der Waals surface area contributed by atoms with Crippen LogP contribution in [0, 0.1) is 0 Å². The molecule has 1 amide bonds. The highest BCUT2D eigenvalue weighted by Crippen LogP contribution is 2.16. The third-order valence-corrected chi connectivity index (χ3v) is 3.01. The van der Waals surface area contributed by atoms with Crippen molar-refractivity contribution in [2.24, 2.45) is 0 Å². The van der Waals surface area contributed by atoms with Crippen molar-refractivity contribution < 1.29 is 4.79 Å². The number of benzene rings is 1. The molecule has 0 aliphatic rings. The van der Waals surface area contributed by atoms with Crippen LogP contribution in [0.4, 0.5) is 0 Å². The molecule has 0 saturated heterocycles. The summed E-state index contributed by atoms with van der Waals surface area (Å²) in [5.74, 6) is 0.120. The molecule has 0 aliphatic carbocycles. The molecular weight excluding hydrogens is 242 g/mol. The van der Waals surface area contributed by atoms with Crippen LogP contribution in [0.1, 0.15) is 26.3 Å². The summed E-state index contributed by atoms with van der Waals surface area (Å²) in [6.07, 6.45) is 2.18. The Morgan fingerprint density at radius 2 is 1.89 bits per heavy atom. The third kappa shape index (κ3) is 4.22. The fourth-order valence-electron chi connectivity index (χ4n) is 1.76. The summed E-state index contributed by atoms with van der Waals surface area (Å²) in [5.41, 5.74) is 0.825. The number of thiol groups is 1. The van der Waals surface area contributed by atoms with Crippen LogP contribution in [0.25, 0.3) is 0 Å². The summed E-state index contributed by atoms with van der Waals surface area (Å²) in [7, 11) is 0. The molecule has 0 fully saturated rings. The summed E-state index contributed by atoms with van der Waals surface area (Å²) >= 11 is 4.23. The second kappa shape index (κ2) is 6.10. The minimum atomic E-state index is -0.186. The molecule has 0 spiro atoms. The van der Waals surface area contributed by atoms with Gasteiger partial charge in [0.05, 0.1) is 6.42 Å². The Balaban J connectivity index is 2.79. The van der Waals surface area contributed by atoms with E-state index in [0.29, 0.717) is 13.0 Å². The van der Waals surface area contributed by atoms with Gasteiger partial charge in [0.25, 0.3) is 0 Å². The van der Waals surface area contributed by atoms with Crippen LogP contribution in [-0.4, -0.2) is 22.9 Å². The lowest BCUT2D eigenvalue weighted by Crippen LogP contribution is -2.46. The molecule has 18 heavy (non-hydrogen) atoms. The van der Waals surface area contributed by atoms with Crippen molar-refractivity contribution in [2.45, 2.75) is 37.6 Å². The van der Waals surface area contributed by atoms with Crippen LogP contribution in [0.15, 0.2) is 41.8 Å². The fraction of sp³-hybridized carbons (Fsp3) is 0.400. The minimum absolute atomic E-state index is 0.120. The number of rotatable bonds is 4. The largest absolute Gasteiger partial charge is 0.334 e. The van der Waals surface area contributed by atoms with Crippen LogP contribution in [0.2, 0.25) is 0 Å². The minimum Gasteiger partial charge on any atom is -0.334 e. The molecule has 0 saturated carbocycles. The Morgan fingerprint density at radius 3 is 2.33 bits per heavy atom. The second-order valence-corrected chi connectivity index (χ2v) is 5.82. The summed E-state index contributed by atoms with van der Waals surface area (Å²) in [6.45, 7) is 10.4. The molecule has 0 aliphatic heterocycles. The molecule has 1 rings (SSSR count). The third-order valence-electron chi connectivity index (χ3n) is 2.71. The zero-order valence-electron chi connectivity index (χ0n) is 11.3. The summed E-state index contributed by atoms with van der Waals surface area (Å²) in [4.78, 5) is 15.0. The maximum absolute atomic E-state index is 12.3. The van der Waals surface area contributed by atoms with E-state index in [1.165, 1.54) is 0 Å². The zero-order chi connectivity index (χ0) is 13.8. The number of nitrogens with zero attached hydrogens (tertiary/aromatic N) is 1. The van der Waals surface area contributed by atoms with Crippen LogP contribution >= 0.6 is 12.6 Å². The highest BCUT2D eigenvalue weighted by molar-refractivity contribution is 7.80. The van der Waals surface area contributed by atoms with Crippen LogP contribution in [0.3, 0.4) is 0 Å². The maximum atomic E-state index is 12.3. The van der Waals surface area contributed by atoms with Crippen LogP contribution in [0.5, 0.6) is 0 Å². The van der Waals surface area contributed by atoms with Crippen molar-refractivity contribution in [3.8, 4) is 0 Å². The van der Waals surface area contributed by atoms with Gasteiger partial charge in [-0.15, -0.1) is 19.2 Å². The molecule has 3 heteroatoms. The standard InChI is InChI=1S/C15H21NOS/c1-5-10-16(15(2,3)4)14(17)11-12-6-8-13(18)9-7-12/h5-9,18H,1,10-11H2,2-4H3. The molecule has 0 heterocycles. The van der Waals surface area contributed by atoms with Crippen molar-refractivity contribution in [1.82, 2.24) is 4.90 Å². The molecule has 2 nitrogen and oxygen atoms in total. The lowest BCUT2D eigenvalue weighted by Gasteiger charge is -2.35. The van der Waals surface area contributed by atoms with Gasteiger partial charge in [-0.25, -0.2) is 0 Å². The van der Waals surface area contributed by atoms with E-state index in [9.17, 15) is 4.79 Å². The maximum Gasteiger partial charge on any atom is 0.227 e. The number of hydrogen-bond acceptors (Lipinski definition) is 2. The normalized spacial score (nSPS) is 11.1. The van der Waals surface area contributed by atoms with E-state index in [0.717, 1.165) is 10.5 Å². The average molecular weight is 263 g/mol. The molecule has 0 N–H and O–H groups in total. The van der Waals surface area contributed by atoms with E-state index in [-0.39, 0.29) is 11.4 Å². The average Bonchev–Trinajstić information content (AvgIpc) is 2.27. The van der Waals surface area contributed by atoms with Gasteiger partial charge in [-0.1, -0.05) is 18.2 Å². The Labute approximate surface area is 115 Å². The Morgan fingerprint density at radius 1 is 1.33 bits per heavy atom. The zero-order valence-corrected chi connectivity index (χ0v) is 12.2. The molecule has 0 bridgehead atoms. The first-order valence-corrected chi connectivity index (χ1v) is 6.48. The van der Waals surface area contributed by atoms with Crippen molar-refractivity contribution >= 4 is 18.5 Å². The smallest absolute Gasteiger partial charge is 0.227 e. The van der Waals surface area contributed by atoms with Crippen molar-refractivity contribution in [3.05, 3.63) is 42.5 Å². The second-order valence-electron chi connectivity index (χ2n) is 5.31. The quantitative estimate of drug-likeness (QED) is 0.652. The predicted molar refractivity (Wildman–Crippen MR) is 79.1 cm³/mol. The van der Waals surface area contributed by atoms with Gasteiger partial charge in [0, 0.05) is 17.0 Å². The van der Waals surface area contributed by atoms with Gasteiger partial charge < -0.3 is 4.90 Å². The summed E-state index contributed by atoms with van der Waals surface area (Å²) in [5, 5.41) is 0. The SMILES string of the molecule is C=CCN(C(=O)Cc1ccc(S)cc1)C(C)(C)C. The fourth-order valence-corrected chi connectivity index (χ4v) is 1.91. The predicted octanol–water partition coefficient (Wildman–Crippen LogP) is 3.33. The van der Waals surface area contributed by atoms with Crippen LogP contribution in [-0.2, 0) is 11.2 Å². The number of amides is 1. The van der Waals surface area contributed by atoms with E-state index < -0.39 is 0 Å². The van der Waals surface area contributed by atoms with E-state index in [1.807, 2.05) is 49.9 Å². The highest BCUT2D eigenvalue weighted by Gasteiger charge is 2.24. The van der Waals surface area contributed by atoms with Crippen molar-refractivity contribution in [2.75, 3.05) is 6.54 Å². The summed E-state index contributed by atoms with van der Waals surface area (Å²) in [6, 6.07) is 7.69. The molecule has 0 unspecified atom stereocenters. The van der Waals surface area contributed by atoms with Gasteiger partial charge in [0.15, 0.2) is 0 Å². The van der Waals surface area contributed by atoms with Gasteiger partial charge in [-0.2, -0.15) is 0 Å². The molecule has 0 atom stereocenters. The van der Waals surface area contributed by atoms with Gasteiger partial charge in [-0.05, 0) is 38.5 Å². The monoisotopic (exact) mass is 263 g/mol. The van der Waals surface area contributed by atoms with Gasteiger partial charge in [0.1, 0.15) is 0 Å². The van der Waals surface area contributed by atoms with E-state index in [4.69, 9.17) is 0 Å². The first-order valence-electron chi connectivity index (χ1n) is 6.04. The first-order chi connectivity index (χ1) is 8.34. The lowest BCUT2D eigenvalue weighted by atomic mass is 10.0. The Kier molecular flexibility index (Phi) is 5.03. The van der Waals surface area contributed by atoms with Crippen molar-refractivity contribution in [1.29, 1.82) is 0 Å². The molecule has 0 aromatic heterocycles. The first kappa shape index (κ1) is 14.8. The molecule has 1 aromatic carbocycles. The van der Waals surface area contributed by atoms with Gasteiger partial charge >= 0.3 is 0 Å². The highest BCUT2D eigenvalue weighted by atomic mass is 32.1. The number of carbonyl (C=O) groups is 1. The van der Waals surface area contributed by atoms with E-state index >= 15 is 0 Å². The van der Waals surface area contributed by atoms with E-state index in [1.54, 1.807) is 6.08 Å². The molecular formula is C15H21NOS.